The average Bonchev–Trinajstić information content (AvgIpc) is 2.95. The molecule has 8 atom stereocenters. The summed E-state index contributed by atoms with van der Waals surface area (Å²) in [6.45, 7) is 17.3. The summed E-state index contributed by atoms with van der Waals surface area (Å²) in [4.78, 5) is 38.2. The topological polar surface area (TPSA) is 99.1 Å². The van der Waals surface area contributed by atoms with Crippen molar-refractivity contribution >= 4 is 17.5 Å². The molecule has 1 N–H and O–H groups in total. The second-order valence-corrected chi connectivity index (χ2v) is 15.1. The van der Waals surface area contributed by atoms with Gasteiger partial charge in [0.2, 0.25) is 0 Å². The molecule has 4 rings (SSSR count). The van der Waals surface area contributed by atoms with E-state index >= 15 is 0 Å². The second-order valence-electron chi connectivity index (χ2n) is 15.1. The smallest absolute Gasteiger partial charge is 0.303 e. The number of aliphatic hydroxyl groups is 1. The number of ketones is 2. The van der Waals surface area contributed by atoms with E-state index in [4.69, 9.17) is 14.2 Å². The van der Waals surface area contributed by atoms with Crippen LogP contribution in [-0.4, -0.2) is 57.3 Å². The summed E-state index contributed by atoms with van der Waals surface area (Å²) in [5.41, 5.74) is -4.01. The van der Waals surface area contributed by atoms with Crippen LogP contribution in [0.2, 0.25) is 0 Å². The van der Waals surface area contributed by atoms with Gasteiger partial charge in [-0.15, -0.1) is 0 Å². The molecule has 7 heteroatoms. The summed E-state index contributed by atoms with van der Waals surface area (Å²) in [5.74, 6) is -0.228. The Labute approximate surface area is 235 Å². The number of esters is 1. The quantitative estimate of drug-likeness (QED) is 0.448. The molecule has 0 spiro atoms. The van der Waals surface area contributed by atoms with Crippen LogP contribution >= 0.6 is 0 Å². The van der Waals surface area contributed by atoms with E-state index in [1.807, 2.05) is 41.5 Å². The highest BCUT2D eigenvalue weighted by molar-refractivity contribution is 5.87. The Morgan fingerprint density at radius 1 is 0.769 bits per heavy atom. The highest BCUT2D eigenvalue weighted by Gasteiger charge is 2.61. The molecule has 2 saturated carbocycles. The van der Waals surface area contributed by atoms with Crippen molar-refractivity contribution in [1.82, 2.24) is 0 Å². The van der Waals surface area contributed by atoms with Crippen molar-refractivity contribution in [1.29, 1.82) is 0 Å². The summed E-state index contributed by atoms with van der Waals surface area (Å²) >= 11 is 0. The number of hydrogen-bond acceptors (Lipinski definition) is 7. The fourth-order valence-electron chi connectivity index (χ4n) is 9.03. The number of fused-ring (bicyclic) bond motifs is 2. The first kappa shape index (κ1) is 30.6. The Morgan fingerprint density at radius 2 is 1.21 bits per heavy atom. The van der Waals surface area contributed by atoms with Gasteiger partial charge in [-0.3, -0.25) is 14.4 Å². The predicted molar refractivity (Wildman–Crippen MR) is 148 cm³/mol. The minimum Gasteiger partial charge on any atom is -0.459 e. The summed E-state index contributed by atoms with van der Waals surface area (Å²) in [7, 11) is 0. The maximum atomic E-state index is 13.0. The maximum Gasteiger partial charge on any atom is 0.303 e. The van der Waals surface area contributed by atoms with Gasteiger partial charge >= 0.3 is 5.97 Å². The van der Waals surface area contributed by atoms with E-state index in [0.29, 0.717) is 44.9 Å². The third kappa shape index (κ3) is 5.37. The van der Waals surface area contributed by atoms with Gasteiger partial charge in [0.15, 0.2) is 11.6 Å². The van der Waals surface area contributed by atoms with Gasteiger partial charge in [0.25, 0.3) is 0 Å². The zero-order valence-corrected chi connectivity index (χ0v) is 25.8. The van der Waals surface area contributed by atoms with Gasteiger partial charge in [-0.25, -0.2) is 0 Å². The fraction of sp³-hybridized carbons (Fsp3) is 0.906. The number of ether oxygens (including phenoxy) is 3. The van der Waals surface area contributed by atoms with Crippen LogP contribution in [-0.2, 0) is 28.6 Å². The number of carbonyl (C=O) groups is 3. The Bertz CT molecular complexity index is 998. The minimum absolute atomic E-state index is 0.0566. The van der Waals surface area contributed by atoms with E-state index in [1.54, 1.807) is 0 Å². The van der Waals surface area contributed by atoms with Crippen molar-refractivity contribution < 1.29 is 33.7 Å². The highest BCUT2D eigenvalue weighted by atomic mass is 16.6. The number of rotatable bonds is 4. The first-order valence-electron chi connectivity index (χ1n) is 15.1. The van der Waals surface area contributed by atoms with Gasteiger partial charge in [-0.05, 0) is 104 Å². The van der Waals surface area contributed by atoms with E-state index in [2.05, 4.69) is 13.8 Å². The van der Waals surface area contributed by atoms with Crippen LogP contribution in [0.3, 0.4) is 0 Å². The molecule has 2 aliphatic carbocycles. The average molecular weight is 549 g/mol. The van der Waals surface area contributed by atoms with Gasteiger partial charge in [0.1, 0.15) is 16.8 Å². The van der Waals surface area contributed by atoms with Gasteiger partial charge in [-0.1, -0.05) is 13.8 Å². The largest absolute Gasteiger partial charge is 0.459 e. The Kier molecular flexibility index (Phi) is 7.78. The first-order chi connectivity index (χ1) is 17.8. The molecular weight excluding hydrogens is 496 g/mol. The number of carbonyl (C=O) groups excluding carboxylic acids is 3. The van der Waals surface area contributed by atoms with Crippen LogP contribution in [0.15, 0.2) is 0 Å². The zero-order valence-electron chi connectivity index (χ0n) is 25.8. The van der Waals surface area contributed by atoms with Crippen LogP contribution in [0, 0.1) is 22.7 Å². The number of Topliss-reactive ketones (excluding diaryl/α,β-unsaturated/α-hetero) is 2. The van der Waals surface area contributed by atoms with E-state index in [9.17, 15) is 19.5 Å². The molecule has 8 unspecified atom stereocenters. The SMILES string of the molecule is CC(=O)OC1(C)CCC2OC(C)(C)C(=O)CCC2(C)C1CCC1C(C)(O)CCC2OC(C)(C)C(=O)CCC21C. The molecule has 2 heterocycles. The van der Waals surface area contributed by atoms with E-state index < -0.39 is 22.4 Å². The first-order valence-corrected chi connectivity index (χ1v) is 15.1. The molecule has 4 fully saturated rings. The Morgan fingerprint density at radius 3 is 1.69 bits per heavy atom. The van der Waals surface area contributed by atoms with Crippen molar-refractivity contribution in [3.8, 4) is 0 Å². The highest BCUT2D eigenvalue weighted by Crippen LogP contribution is 2.59. The van der Waals surface area contributed by atoms with Crippen LogP contribution in [0.25, 0.3) is 0 Å². The molecule has 2 saturated heterocycles. The maximum absolute atomic E-state index is 13.0. The van der Waals surface area contributed by atoms with Crippen molar-refractivity contribution in [2.24, 2.45) is 22.7 Å². The second kappa shape index (κ2) is 9.90. The lowest BCUT2D eigenvalue weighted by Crippen LogP contribution is -2.59. The molecule has 0 amide bonds. The van der Waals surface area contributed by atoms with Crippen molar-refractivity contribution in [2.75, 3.05) is 0 Å². The van der Waals surface area contributed by atoms with Crippen LogP contribution in [0.4, 0.5) is 0 Å². The van der Waals surface area contributed by atoms with Gasteiger partial charge < -0.3 is 19.3 Å². The molecule has 4 aliphatic rings. The Balaban J connectivity index is 1.69. The van der Waals surface area contributed by atoms with E-state index in [0.717, 1.165) is 19.3 Å². The van der Waals surface area contributed by atoms with E-state index in [-0.39, 0.29) is 52.4 Å². The van der Waals surface area contributed by atoms with E-state index in [1.165, 1.54) is 6.92 Å². The predicted octanol–water partition coefficient (Wildman–Crippen LogP) is 5.73. The van der Waals surface area contributed by atoms with Crippen LogP contribution in [0.5, 0.6) is 0 Å². The van der Waals surface area contributed by atoms with Crippen molar-refractivity contribution in [3.05, 3.63) is 0 Å². The molecule has 0 bridgehead atoms. The summed E-state index contributed by atoms with van der Waals surface area (Å²) in [5, 5.41) is 11.8. The van der Waals surface area contributed by atoms with Crippen molar-refractivity contribution in [2.45, 2.75) is 161 Å². The third-order valence-electron chi connectivity index (χ3n) is 11.5. The third-order valence-corrected chi connectivity index (χ3v) is 11.5. The molecule has 222 valence electrons. The fourth-order valence-corrected chi connectivity index (χ4v) is 9.03. The van der Waals surface area contributed by atoms with Crippen molar-refractivity contribution in [3.63, 3.8) is 0 Å². The lowest BCUT2D eigenvalue weighted by atomic mass is 9.53. The van der Waals surface area contributed by atoms with Gasteiger partial charge in [0.05, 0.1) is 17.8 Å². The summed E-state index contributed by atoms with van der Waals surface area (Å²) in [6, 6.07) is 0. The standard InChI is InChI=1S/C32H52O7/c1-20(33)37-32(9)19-15-26-30(7,17-13-24(35)28(4,5)39-26)22(32)11-10-21-29(6)16-12-23(34)27(2,3)38-25(29)14-18-31(21,8)36/h21-22,25-26,36H,10-19H2,1-9H3. The van der Waals surface area contributed by atoms with Crippen LogP contribution in [0.1, 0.15) is 127 Å². The molecule has 0 aromatic rings. The monoisotopic (exact) mass is 548 g/mol. The molecular formula is C32H52O7. The summed E-state index contributed by atoms with van der Waals surface area (Å²) < 4.78 is 19.1. The Hall–Kier alpha value is -1.31. The zero-order chi connectivity index (χ0) is 29.2. The van der Waals surface area contributed by atoms with Gasteiger partial charge in [-0.2, -0.15) is 0 Å². The van der Waals surface area contributed by atoms with Crippen LogP contribution < -0.4 is 0 Å². The molecule has 7 nitrogen and oxygen atoms in total. The molecule has 2 aliphatic heterocycles. The minimum atomic E-state index is -0.906. The summed E-state index contributed by atoms with van der Waals surface area (Å²) in [6.07, 6.45) is 6.12. The lowest BCUT2D eigenvalue weighted by Gasteiger charge is -2.57. The molecule has 0 aromatic heterocycles. The lowest BCUT2D eigenvalue weighted by molar-refractivity contribution is -0.218. The van der Waals surface area contributed by atoms with Gasteiger partial charge in [0, 0.05) is 31.1 Å². The number of hydrogen-bond donors (Lipinski definition) is 1. The molecule has 0 radical (unpaired) electrons. The molecule has 39 heavy (non-hydrogen) atoms. The molecule has 0 aromatic carbocycles. The normalized spacial score (nSPS) is 45.9.